The Balaban J connectivity index is 1.62. The van der Waals surface area contributed by atoms with Gasteiger partial charge >= 0.3 is 0 Å². The van der Waals surface area contributed by atoms with Gasteiger partial charge in [0.05, 0.1) is 17.7 Å². The smallest absolute Gasteiger partial charge is 0.262 e. The van der Waals surface area contributed by atoms with Crippen molar-refractivity contribution < 1.29 is 19.5 Å². The largest absolute Gasteiger partial charge is 0.396 e. The second-order valence-corrected chi connectivity index (χ2v) is 5.68. The van der Waals surface area contributed by atoms with E-state index in [9.17, 15) is 19.5 Å². The van der Waals surface area contributed by atoms with Crippen molar-refractivity contribution in [1.82, 2.24) is 10.2 Å². The van der Waals surface area contributed by atoms with E-state index in [1.165, 1.54) is 0 Å². The van der Waals surface area contributed by atoms with E-state index in [4.69, 9.17) is 0 Å². The summed E-state index contributed by atoms with van der Waals surface area (Å²) in [5.41, 5.74) is 0.478. The first-order chi connectivity index (χ1) is 10.1. The Kier molecular flexibility index (Phi) is 3.25. The number of fused-ring (bicyclic) bond motifs is 1. The van der Waals surface area contributed by atoms with Crippen LogP contribution in [-0.2, 0) is 4.79 Å². The van der Waals surface area contributed by atoms with Crippen LogP contribution < -0.4 is 5.32 Å². The van der Waals surface area contributed by atoms with Crippen molar-refractivity contribution in [1.29, 1.82) is 0 Å². The van der Waals surface area contributed by atoms with Crippen LogP contribution in [0, 0.1) is 5.41 Å². The summed E-state index contributed by atoms with van der Waals surface area (Å²) in [6.07, 6.45) is 1.77. The number of carbonyl (C=O) groups excluding carboxylic acids is 3. The molecule has 0 aromatic heterocycles. The summed E-state index contributed by atoms with van der Waals surface area (Å²) in [5.74, 6) is -1.26. The summed E-state index contributed by atoms with van der Waals surface area (Å²) in [4.78, 5) is 37.0. The van der Waals surface area contributed by atoms with Crippen molar-refractivity contribution in [3.63, 3.8) is 0 Å². The van der Waals surface area contributed by atoms with Crippen molar-refractivity contribution in [3.05, 3.63) is 35.4 Å². The number of aliphatic hydroxyl groups excluding tert-OH is 1. The number of nitrogens with zero attached hydrogens (tertiary/aromatic N) is 1. The zero-order valence-electron chi connectivity index (χ0n) is 11.5. The van der Waals surface area contributed by atoms with Crippen molar-refractivity contribution in [2.45, 2.75) is 12.8 Å². The third kappa shape index (κ3) is 2.42. The summed E-state index contributed by atoms with van der Waals surface area (Å²) in [6, 6.07) is 6.54. The van der Waals surface area contributed by atoms with Crippen LogP contribution in [0.5, 0.6) is 0 Å². The number of benzene rings is 1. The molecule has 2 aliphatic rings. The minimum absolute atomic E-state index is 0.0420. The Bertz CT molecular complexity index is 587. The van der Waals surface area contributed by atoms with Crippen LogP contribution in [0.4, 0.5) is 0 Å². The van der Waals surface area contributed by atoms with Gasteiger partial charge in [0.2, 0.25) is 5.91 Å². The lowest BCUT2D eigenvalue weighted by molar-refractivity contribution is -0.121. The number of nitrogens with one attached hydrogen (secondary N) is 1. The fourth-order valence-electron chi connectivity index (χ4n) is 2.44. The van der Waals surface area contributed by atoms with E-state index in [0.29, 0.717) is 17.7 Å². The van der Waals surface area contributed by atoms with E-state index >= 15 is 0 Å². The molecule has 0 radical (unpaired) electrons. The molecule has 1 heterocycles. The molecule has 1 aromatic carbocycles. The fourth-order valence-corrected chi connectivity index (χ4v) is 2.44. The van der Waals surface area contributed by atoms with Gasteiger partial charge in [0.25, 0.3) is 11.8 Å². The molecule has 6 heteroatoms. The predicted octanol–water partition coefficient (Wildman–Crippen LogP) is 0.171. The van der Waals surface area contributed by atoms with Crippen LogP contribution in [0.3, 0.4) is 0 Å². The molecule has 2 N–H and O–H groups in total. The molecule has 1 aromatic rings. The fraction of sp³-hybridized carbons (Fsp3) is 0.400. The van der Waals surface area contributed by atoms with Gasteiger partial charge in [-0.15, -0.1) is 0 Å². The highest BCUT2D eigenvalue weighted by atomic mass is 16.3. The van der Waals surface area contributed by atoms with Crippen molar-refractivity contribution in [3.8, 4) is 0 Å². The maximum atomic E-state index is 12.1. The maximum Gasteiger partial charge on any atom is 0.262 e. The van der Waals surface area contributed by atoms with Crippen LogP contribution >= 0.6 is 0 Å². The minimum Gasteiger partial charge on any atom is -0.396 e. The summed E-state index contributed by atoms with van der Waals surface area (Å²) in [6.45, 7) is 0.139. The van der Waals surface area contributed by atoms with Crippen molar-refractivity contribution >= 4 is 17.7 Å². The Hall–Kier alpha value is -2.21. The Morgan fingerprint density at radius 3 is 2.24 bits per heavy atom. The average molecular weight is 288 g/mol. The number of amides is 3. The molecule has 21 heavy (non-hydrogen) atoms. The molecule has 110 valence electrons. The Labute approximate surface area is 121 Å². The highest BCUT2D eigenvalue weighted by Crippen LogP contribution is 2.44. The van der Waals surface area contributed by atoms with Gasteiger partial charge in [-0.3, -0.25) is 19.3 Å². The second kappa shape index (κ2) is 4.96. The number of rotatable bonds is 5. The number of aliphatic hydroxyl groups is 1. The van der Waals surface area contributed by atoms with Crippen LogP contribution in [0.25, 0.3) is 0 Å². The second-order valence-electron chi connectivity index (χ2n) is 5.68. The molecule has 0 bridgehead atoms. The molecular weight excluding hydrogens is 272 g/mol. The standard InChI is InChI=1S/C15H16N2O4/c18-9-15(5-6-15)8-16-12(19)7-17-13(20)10-3-1-2-4-11(10)14(17)21/h1-4,18H,5-9H2,(H,16,19). The van der Waals surface area contributed by atoms with Crippen molar-refractivity contribution in [2.24, 2.45) is 5.41 Å². The van der Waals surface area contributed by atoms with Gasteiger partial charge in [0.15, 0.2) is 0 Å². The van der Waals surface area contributed by atoms with Crippen LogP contribution in [0.1, 0.15) is 33.6 Å². The molecule has 3 amide bonds. The lowest BCUT2D eigenvalue weighted by atomic mass is 10.1. The SMILES string of the molecule is O=C(CN1C(=O)c2ccccc2C1=O)NCC1(CO)CC1. The molecule has 0 spiro atoms. The third-order valence-corrected chi connectivity index (χ3v) is 4.13. The molecule has 1 aliphatic carbocycles. The van der Waals surface area contributed by atoms with E-state index in [-0.39, 0.29) is 24.5 Å². The average Bonchev–Trinajstić information content (AvgIpc) is 3.25. The molecule has 0 saturated heterocycles. The van der Waals surface area contributed by atoms with E-state index in [0.717, 1.165) is 17.7 Å². The number of carbonyl (C=O) groups is 3. The van der Waals surface area contributed by atoms with Gasteiger partial charge in [-0.1, -0.05) is 12.1 Å². The first-order valence-electron chi connectivity index (χ1n) is 6.89. The number of hydrogen-bond acceptors (Lipinski definition) is 4. The molecule has 3 rings (SSSR count). The lowest BCUT2D eigenvalue weighted by Crippen LogP contribution is -2.42. The van der Waals surface area contributed by atoms with Gasteiger partial charge in [0, 0.05) is 12.0 Å². The third-order valence-electron chi connectivity index (χ3n) is 4.13. The van der Waals surface area contributed by atoms with Crippen LogP contribution in [0.15, 0.2) is 24.3 Å². The Morgan fingerprint density at radius 2 is 1.76 bits per heavy atom. The number of hydrogen-bond donors (Lipinski definition) is 2. The first kappa shape index (κ1) is 13.8. The van der Waals surface area contributed by atoms with E-state index in [1.54, 1.807) is 24.3 Å². The highest BCUT2D eigenvalue weighted by molar-refractivity contribution is 6.22. The van der Waals surface area contributed by atoms with Crippen LogP contribution in [0.2, 0.25) is 0 Å². The van der Waals surface area contributed by atoms with Crippen molar-refractivity contribution in [2.75, 3.05) is 19.7 Å². The van der Waals surface area contributed by atoms with Gasteiger partial charge in [-0.25, -0.2) is 0 Å². The molecule has 6 nitrogen and oxygen atoms in total. The molecule has 1 saturated carbocycles. The van der Waals surface area contributed by atoms with Gasteiger partial charge in [-0.2, -0.15) is 0 Å². The maximum absolute atomic E-state index is 12.1. The van der Waals surface area contributed by atoms with Gasteiger partial charge in [0.1, 0.15) is 6.54 Å². The van der Waals surface area contributed by atoms with E-state index in [1.807, 2.05) is 0 Å². The van der Waals surface area contributed by atoms with E-state index in [2.05, 4.69) is 5.32 Å². The zero-order chi connectivity index (χ0) is 15.0. The minimum atomic E-state index is -0.436. The molecule has 1 fully saturated rings. The zero-order valence-corrected chi connectivity index (χ0v) is 11.5. The highest BCUT2D eigenvalue weighted by Gasteiger charge is 2.42. The molecule has 0 atom stereocenters. The monoisotopic (exact) mass is 288 g/mol. The topological polar surface area (TPSA) is 86.7 Å². The lowest BCUT2D eigenvalue weighted by Gasteiger charge is -2.16. The summed E-state index contributed by atoms with van der Waals surface area (Å²) in [5, 5.41) is 11.9. The quantitative estimate of drug-likeness (QED) is 0.756. The van der Waals surface area contributed by atoms with Gasteiger partial charge < -0.3 is 10.4 Å². The van der Waals surface area contributed by atoms with Gasteiger partial charge in [-0.05, 0) is 25.0 Å². The molecule has 1 aliphatic heterocycles. The number of imide groups is 1. The first-order valence-corrected chi connectivity index (χ1v) is 6.89. The van der Waals surface area contributed by atoms with E-state index < -0.39 is 11.8 Å². The molecule has 0 unspecified atom stereocenters. The summed E-state index contributed by atoms with van der Waals surface area (Å²) < 4.78 is 0. The molecular formula is C15H16N2O4. The summed E-state index contributed by atoms with van der Waals surface area (Å²) >= 11 is 0. The summed E-state index contributed by atoms with van der Waals surface area (Å²) in [7, 11) is 0. The van der Waals surface area contributed by atoms with Crippen LogP contribution in [-0.4, -0.2) is 47.4 Å². The predicted molar refractivity (Wildman–Crippen MR) is 73.6 cm³/mol. The normalized spacial score (nSPS) is 18.6. The Morgan fingerprint density at radius 1 is 1.19 bits per heavy atom.